The topological polar surface area (TPSA) is 184 Å². The van der Waals surface area contributed by atoms with E-state index in [-0.39, 0.29) is 37.0 Å². The quantitative estimate of drug-likeness (QED) is 0.135. The van der Waals surface area contributed by atoms with E-state index in [1.54, 1.807) is 106 Å². The number of ether oxygens (including phenoxy) is 4. The van der Waals surface area contributed by atoms with Crippen molar-refractivity contribution in [1.82, 2.24) is 40.0 Å². The summed E-state index contributed by atoms with van der Waals surface area (Å²) in [5.74, 6) is 6.73. The number of amides is 1. The predicted octanol–water partition coefficient (Wildman–Crippen LogP) is 7.45. The third kappa shape index (κ3) is 35.7. The van der Waals surface area contributed by atoms with Crippen molar-refractivity contribution in [2.75, 3.05) is 170 Å². The Morgan fingerprint density at radius 3 is 1.23 bits per heavy atom. The highest BCUT2D eigenvalue weighted by Crippen LogP contribution is 2.23. The van der Waals surface area contributed by atoms with Crippen LogP contribution in [-0.4, -0.2) is 224 Å². The molecule has 20 nitrogen and oxygen atoms in total. The van der Waals surface area contributed by atoms with E-state index in [1.807, 2.05) is 63.5 Å². The smallest absolute Gasteiger partial charge is 0.410 e. The van der Waals surface area contributed by atoms with Gasteiger partial charge in [-0.15, -0.1) is 31.2 Å². The van der Waals surface area contributed by atoms with Gasteiger partial charge in [-0.25, -0.2) is 24.7 Å². The van der Waals surface area contributed by atoms with Crippen LogP contribution >= 0.6 is 72.6 Å². The number of nitrogens with one attached hydrogen (secondary N) is 1. The third-order valence-electron chi connectivity index (χ3n) is 14.4. The minimum atomic E-state index is -3.29. The number of carbonyl (C=O) groups is 1. The molecule has 0 aromatic carbocycles. The molecule has 1 N–H and O–H groups in total. The van der Waals surface area contributed by atoms with E-state index in [2.05, 4.69) is 131 Å². The van der Waals surface area contributed by atoms with Gasteiger partial charge < -0.3 is 48.8 Å². The predicted molar refractivity (Wildman–Crippen MR) is 442 cm³/mol. The second-order valence-corrected chi connectivity index (χ2v) is 47.5. The van der Waals surface area contributed by atoms with Gasteiger partial charge in [-0.3, -0.25) is 14.0 Å². The number of halogens is 5. The summed E-state index contributed by atoms with van der Waals surface area (Å²) in [6.45, 7) is 26.0. The lowest BCUT2D eigenvalue weighted by molar-refractivity contribution is 0.0240. The highest BCUT2D eigenvalue weighted by molar-refractivity contribution is 9.11. The first kappa shape index (κ1) is 87.8. The average Bonchev–Trinajstić information content (AvgIpc) is 1.28. The Balaban J connectivity index is 0.000000247. The van der Waals surface area contributed by atoms with E-state index in [1.165, 1.54) is 30.6 Å². The Kier molecular flexibility index (Phi) is 45.7. The largest absolute Gasteiger partial charge is 0.444 e. The van der Waals surface area contributed by atoms with Crippen molar-refractivity contribution < 1.29 is 36.3 Å². The molecule has 1 amide bonds. The molecule has 7 aliphatic rings. The summed E-state index contributed by atoms with van der Waals surface area (Å²) in [4.78, 5) is 45.6. The van der Waals surface area contributed by atoms with Gasteiger partial charge in [-0.05, 0) is 130 Å². The molecule has 7 aliphatic heterocycles. The monoisotopic (exact) mass is 1840 g/mol. The molecular weight excluding hydrogens is 1760 g/mol. The van der Waals surface area contributed by atoms with Gasteiger partial charge in [0.2, 0.25) is 0 Å². The van der Waals surface area contributed by atoms with Gasteiger partial charge in [-0.1, -0.05) is 5.92 Å². The van der Waals surface area contributed by atoms with E-state index in [4.69, 9.17) is 47.7 Å². The molecule has 7 fully saturated rings. The Morgan fingerprint density at radius 2 is 0.917 bits per heavy atom. The standard InChI is InChI=1S/C15H19N3O.C14H20BrN3O2.C13H18BrN3O.C9H12BrN3.C5H10O4S.2ClH.S14/c1-2-13-3-4-15(16-11-13)18-8-6-17(7-9-18)14-5-10-19-12-14;1-14(2,3)20-13(19)18-8-6-17(7-9-18)12-5-4-11(15)10-16-12;14-11-1-2-13(15-9-11)17-6-4-16(5-7-17)12-3-8-18-10-12;10-8-1-2-9(12-7-8)13-5-3-11-4-6-13;1-10(6,7)9-5-2-3-8-4-5;;;1-3-5-7-9-11-13-14-12-10-8-6-4-2/h1,3-4,11,14H,5-10,12H2;4-5,10H,6-9H2,1-3H3;1-2,9,12H,3-8,10H2;1-2,7,11H,3-6H2;5H,2-4H2,1H3;2*1H;/t14-;;12-;;5-;;;/m1.1.0.../s1. The van der Waals surface area contributed by atoms with Crippen molar-refractivity contribution in [1.29, 1.82) is 0 Å². The number of piperazine rings is 4. The number of terminal acetylenes is 1. The van der Waals surface area contributed by atoms with Gasteiger partial charge in [0.1, 0.15) is 35.0 Å². The van der Waals surface area contributed by atoms with Crippen LogP contribution in [0.25, 0.3) is 0 Å². The molecule has 3 atom stereocenters. The SMILES string of the molecule is Brc1ccc(N2CCN([C@@H]3CCOC3)CC2)nc1.Brc1ccc(N2CCNCC2)nc1.C#Cc1ccc(N2CCN([C@@H]3CCOC3)CC2)nc1.CC(C)(C)OC(=O)N1CCN(c2ccc(Br)cn2)CC1.CS(=O)(=O)O[C@H]1CCOC1.Cl.Cl.S=S=S=S=S=S=S=S=S=S=S=S=S=S. The fourth-order valence-electron chi connectivity index (χ4n) is 9.86. The molecule has 11 rings (SSSR count). The number of hydrogen-bond acceptors (Lipinski definition) is 21. The molecule has 0 aliphatic carbocycles. The zero-order chi connectivity index (χ0) is 67.4. The van der Waals surface area contributed by atoms with E-state index < -0.39 is 15.7 Å². The first-order valence-electron chi connectivity index (χ1n) is 29.7. The number of pyridine rings is 4. The molecule has 0 saturated carbocycles. The number of hydrogen-bond donors (Lipinski definition) is 1. The van der Waals surface area contributed by atoms with Crippen molar-refractivity contribution in [2.45, 2.75) is 63.8 Å². The average molecular weight is 1840 g/mol. The highest BCUT2D eigenvalue weighted by atomic mass is 79.9. The maximum Gasteiger partial charge on any atom is 0.410 e. The molecule has 40 heteroatoms. The van der Waals surface area contributed by atoms with E-state index in [0.717, 1.165) is 167 Å². The molecule has 0 radical (unpaired) electrons. The van der Waals surface area contributed by atoms with E-state index in [9.17, 15) is 13.2 Å². The van der Waals surface area contributed by atoms with Crippen LogP contribution in [0, 0.1) is 12.3 Å². The number of carbonyl (C=O) groups excluding carboxylic acids is 1. The summed E-state index contributed by atoms with van der Waals surface area (Å²) in [6.07, 6.45) is 16.2. The minimum Gasteiger partial charge on any atom is -0.444 e. The molecule has 538 valence electrons. The molecule has 11 heterocycles. The lowest BCUT2D eigenvalue weighted by Crippen LogP contribution is -2.50. The number of nitrogens with zero attached hydrogens (tertiary/aromatic N) is 11. The van der Waals surface area contributed by atoms with Crippen LogP contribution in [0.15, 0.2) is 86.7 Å². The molecule has 0 bridgehead atoms. The summed E-state index contributed by atoms with van der Waals surface area (Å²) >= 11 is 19.6. The lowest BCUT2D eigenvalue weighted by atomic mass is 10.2. The van der Waals surface area contributed by atoms with Gasteiger partial charge in [0, 0.05) is 316 Å². The Hall–Kier alpha value is -0.600. The second kappa shape index (κ2) is 50.0. The Bertz CT molecular complexity index is 3620. The third-order valence-corrected chi connectivity index (χ3v) is 40.8. The van der Waals surface area contributed by atoms with Gasteiger partial charge in [0.25, 0.3) is 10.1 Å². The zero-order valence-corrected chi connectivity index (χ0v) is 71.8. The van der Waals surface area contributed by atoms with Crippen molar-refractivity contribution >= 4 is 241 Å². The van der Waals surface area contributed by atoms with Crippen LogP contribution in [0.5, 0.6) is 0 Å². The molecule has 4 aromatic heterocycles. The lowest BCUT2D eigenvalue weighted by Gasteiger charge is -2.38. The van der Waals surface area contributed by atoms with Crippen molar-refractivity contribution in [3.8, 4) is 12.3 Å². The normalized spacial score (nSPS) is 19.2. The number of anilines is 4. The van der Waals surface area contributed by atoms with E-state index in [0.29, 0.717) is 44.8 Å². The highest BCUT2D eigenvalue weighted by Gasteiger charge is 2.30. The Labute approximate surface area is 648 Å². The molecular formula is C56H81Br3Cl2N12O8S15. The molecule has 96 heavy (non-hydrogen) atoms. The second-order valence-electron chi connectivity index (χ2n) is 21.9. The van der Waals surface area contributed by atoms with Gasteiger partial charge in [-0.2, -0.15) is 8.42 Å². The van der Waals surface area contributed by atoms with Crippen molar-refractivity contribution in [3.05, 3.63) is 92.3 Å². The maximum atomic E-state index is 12.0. The van der Waals surface area contributed by atoms with Crippen LogP contribution in [0.1, 0.15) is 45.6 Å². The van der Waals surface area contributed by atoms with Crippen LogP contribution in [0.4, 0.5) is 28.1 Å². The molecule has 0 unspecified atom stereocenters. The Morgan fingerprint density at radius 1 is 0.552 bits per heavy atom. The molecule has 4 aromatic rings. The van der Waals surface area contributed by atoms with E-state index >= 15 is 0 Å². The van der Waals surface area contributed by atoms with Crippen LogP contribution in [-0.2, 0) is 162 Å². The minimum absolute atomic E-state index is 0. The molecule has 0 spiro atoms. The van der Waals surface area contributed by atoms with Crippen LogP contribution in [0.2, 0.25) is 0 Å². The zero-order valence-electron chi connectivity index (χ0n) is 53.2. The first-order valence-corrected chi connectivity index (χ1v) is 51.2. The summed E-state index contributed by atoms with van der Waals surface area (Å²) in [5, 5.41) is 3.32. The summed E-state index contributed by atoms with van der Waals surface area (Å²) < 4.78 is 49.9. The van der Waals surface area contributed by atoms with Gasteiger partial charge in [0.15, 0.2) is 0 Å². The fraction of sp³-hybridized carbons (Fsp3) is 0.589. The number of rotatable bonds is 8. The first-order chi connectivity index (χ1) is 45.4. The number of aromatic nitrogens is 4. The van der Waals surface area contributed by atoms with Gasteiger partial charge in [0.05, 0.1) is 26.1 Å². The van der Waals surface area contributed by atoms with Crippen molar-refractivity contribution in [2.24, 2.45) is 0 Å². The molecule has 7 saturated heterocycles. The summed E-state index contributed by atoms with van der Waals surface area (Å²) in [7, 11) is 16.6. The summed E-state index contributed by atoms with van der Waals surface area (Å²) in [6, 6.07) is 17.4. The van der Waals surface area contributed by atoms with Crippen molar-refractivity contribution in [3.63, 3.8) is 0 Å². The maximum absolute atomic E-state index is 12.0. The van der Waals surface area contributed by atoms with Crippen LogP contribution in [0.3, 0.4) is 0 Å². The fourth-order valence-corrected chi connectivity index (χ4v) is 38.7. The van der Waals surface area contributed by atoms with Crippen LogP contribution < -0.4 is 24.9 Å². The summed E-state index contributed by atoms with van der Waals surface area (Å²) in [5.41, 5.74) is 0.395. The van der Waals surface area contributed by atoms with Gasteiger partial charge >= 0.3 is 6.09 Å².